The van der Waals surface area contributed by atoms with E-state index in [4.69, 9.17) is 9.84 Å². The van der Waals surface area contributed by atoms with E-state index in [0.717, 1.165) is 31.7 Å². The smallest absolute Gasteiger partial charge is 0.341 e. The van der Waals surface area contributed by atoms with Crippen LogP contribution >= 0.6 is 0 Å². The number of benzene rings is 1. The average Bonchev–Trinajstić information content (AvgIpc) is 2.37. The monoisotopic (exact) mass is 264 g/mol. The van der Waals surface area contributed by atoms with Crippen LogP contribution in [0.1, 0.15) is 12.5 Å². The van der Waals surface area contributed by atoms with E-state index in [0.29, 0.717) is 11.8 Å². The van der Waals surface area contributed by atoms with Gasteiger partial charge in [-0.3, -0.25) is 4.90 Å². The second-order valence-electron chi connectivity index (χ2n) is 4.92. The van der Waals surface area contributed by atoms with Crippen molar-refractivity contribution in [1.82, 2.24) is 10.2 Å². The van der Waals surface area contributed by atoms with Crippen molar-refractivity contribution in [3.8, 4) is 5.75 Å². The minimum atomic E-state index is -0.957. The highest BCUT2D eigenvalue weighted by Gasteiger charge is 2.15. The van der Waals surface area contributed by atoms with Crippen molar-refractivity contribution in [2.75, 3.05) is 26.2 Å². The zero-order valence-corrected chi connectivity index (χ0v) is 11.1. The first-order valence-corrected chi connectivity index (χ1v) is 6.53. The highest BCUT2D eigenvalue weighted by Crippen LogP contribution is 2.15. The minimum absolute atomic E-state index is 0.297. The Labute approximate surface area is 113 Å². The van der Waals surface area contributed by atoms with Crippen LogP contribution in [-0.4, -0.2) is 48.3 Å². The molecule has 0 amide bonds. The first-order valence-electron chi connectivity index (χ1n) is 6.53. The maximum atomic E-state index is 10.5. The summed E-state index contributed by atoms with van der Waals surface area (Å²) in [5.41, 5.74) is 1.15. The van der Waals surface area contributed by atoms with Gasteiger partial charge in [-0.05, 0) is 24.6 Å². The maximum absolute atomic E-state index is 10.5. The van der Waals surface area contributed by atoms with E-state index in [1.54, 1.807) is 6.07 Å². The Hall–Kier alpha value is -1.59. The van der Waals surface area contributed by atoms with Crippen LogP contribution in [0.5, 0.6) is 5.75 Å². The molecule has 1 fully saturated rings. The second-order valence-corrected chi connectivity index (χ2v) is 4.92. The van der Waals surface area contributed by atoms with E-state index in [1.165, 1.54) is 0 Å². The highest BCUT2D eigenvalue weighted by molar-refractivity contribution is 5.68. The fourth-order valence-corrected chi connectivity index (χ4v) is 2.29. The number of piperazine rings is 1. The molecule has 0 unspecified atom stereocenters. The normalized spacial score (nSPS) is 20.2. The molecule has 1 aliphatic heterocycles. The van der Waals surface area contributed by atoms with Gasteiger partial charge in [0.15, 0.2) is 6.61 Å². The van der Waals surface area contributed by atoms with Gasteiger partial charge in [0, 0.05) is 32.2 Å². The molecular formula is C14H20N2O3. The topological polar surface area (TPSA) is 61.8 Å². The van der Waals surface area contributed by atoms with E-state index >= 15 is 0 Å². The Morgan fingerprint density at radius 1 is 1.58 bits per heavy atom. The fraction of sp³-hybridized carbons (Fsp3) is 0.500. The van der Waals surface area contributed by atoms with Crippen molar-refractivity contribution in [2.24, 2.45) is 0 Å². The molecule has 0 bridgehead atoms. The van der Waals surface area contributed by atoms with E-state index in [9.17, 15) is 4.79 Å². The third kappa shape index (κ3) is 4.54. The second kappa shape index (κ2) is 6.54. The zero-order chi connectivity index (χ0) is 13.7. The Balaban J connectivity index is 1.92. The van der Waals surface area contributed by atoms with Gasteiger partial charge in [-0.1, -0.05) is 12.1 Å². The standard InChI is InChI=1S/C14H20N2O3/c1-11-8-16(6-5-15-11)9-12-3-2-4-13(7-12)19-10-14(17)18/h2-4,7,11,15H,5-6,8-10H2,1H3,(H,17,18)/t11-/m0/s1. The van der Waals surface area contributed by atoms with Gasteiger partial charge in [-0.25, -0.2) is 4.79 Å². The van der Waals surface area contributed by atoms with E-state index in [2.05, 4.69) is 17.1 Å². The number of ether oxygens (including phenoxy) is 1. The van der Waals surface area contributed by atoms with Gasteiger partial charge in [0.25, 0.3) is 0 Å². The summed E-state index contributed by atoms with van der Waals surface area (Å²) < 4.78 is 5.19. The van der Waals surface area contributed by atoms with Crippen molar-refractivity contribution in [3.63, 3.8) is 0 Å². The number of carboxylic acids is 1. The summed E-state index contributed by atoms with van der Waals surface area (Å²) in [6.07, 6.45) is 0. The molecule has 5 heteroatoms. The van der Waals surface area contributed by atoms with Crippen molar-refractivity contribution in [2.45, 2.75) is 19.5 Å². The molecule has 104 valence electrons. The Bertz CT molecular complexity index is 436. The quantitative estimate of drug-likeness (QED) is 0.829. The third-order valence-electron chi connectivity index (χ3n) is 3.12. The lowest BCUT2D eigenvalue weighted by molar-refractivity contribution is -0.139. The predicted octanol–water partition coefficient (Wildman–Crippen LogP) is 0.944. The molecule has 0 aliphatic carbocycles. The summed E-state index contributed by atoms with van der Waals surface area (Å²) in [6.45, 7) is 5.82. The van der Waals surface area contributed by atoms with Crippen LogP contribution in [0.15, 0.2) is 24.3 Å². The van der Waals surface area contributed by atoms with Crippen LogP contribution in [0.4, 0.5) is 0 Å². The van der Waals surface area contributed by atoms with Crippen molar-refractivity contribution in [3.05, 3.63) is 29.8 Å². The molecule has 2 rings (SSSR count). The van der Waals surface area contributed by atoms with Crippen LogP contribution in [0.3, 0.4) is 0 Å². The van der Waals surface area contributed by atoms with Gasteiger partial charge < -0.3 is 15.2 Å². The molecule has 19 heavy (non-hydrogen) atoms. The van der Waals surface area contributed by atoms with Gasteiger partial charge in [0.05, 0.1) is 0 Å². The number of hydrogen-bond acceptors (Lipinski definition) is 4. The summed E-state index contributed by atoms with van der Waals surface area (Å²) in [4.78, 5) is 12.9. The summed E-state index contributed by atoms with van der Waals surface area (Å²) >= 11 is 0. The molecule has 5 nitrogen and oxygen atoms in total. The van der Waals surface area contributed by atoms with Crippen LogP contribution in [0, 0.1) is 0 Å². The Morgan fingerprint density at radius 3 is 3.16 bits per heavy atom. The van der Waals surface area contributed by atoms with Crippen molar-refractivity contribution in [1.29, 1.82) is 0 Å². The number of aliphatic carboxylic acids is 1. The third-order valence-corrected chi connectivity index (χ3v) is 3.12. The number of rotatable bonds is 5. The molecule has 1 aromatic rings. The average molecular weight is 264 g/mol. The van der Waals surface area contributed by atoms with Gasteiger partial charge in [-0.15, -0.1) is 0 Å². The van der Waals surface area contributed by atoms with E-state index in [1.807, 2.05) is 18.2 Å². The van der Waals surface area contributed by atoms with E-state index < -0.39 is 5.97 Å². The molecule has 2 N–H and O–H groups in total. The fourth-order valence-electron chi connectivity index (χ4n) is 2.29. The van der Waals surface area contributed by atoms with Crippen LogP contribution in [0.25, 0.3) is 0 Å². The summed E-state index contributed by atoms with van der Waals surface area (Å²) in [7, 11) is 0. The molecule has 1 aliphatic rings. The zero-order valence-electron chi connectivity index (χ0n) is 11.1. The van der Waals surface area contributed by atoms with Crippen LogP contribution in [0.2, 0.25) is 0 Å². The van der Waals surface area contributed by atoms with Crippen LogP contribution < -0.4 is 10.1 Å². The molecule has 1 atom stereocenters. The summed E-state index contributed by atoms with van der Waals surface area (Å²) in [5.74, 6) is -0.343. The van der Waals surface area contributed by atoms with Gasteiger partial charge in [0.1, 0.15) is 5.75 Å². The number of carbonyl (C=O) groups is 1. The van der Waals surface area contributed by atoms with Gasteiger partial charge >= 0.3 is 5.97 Å². The van der Waals surface area contributed by atoms with Crippen LogP contribution in [-0.2, 0) is 11.3 Å². The lowest BCUT2D eigenvalue weighted by Crippen LogP contribution is -2.48. The molecular weight excluding hydrogens is 244 g/mol. The summed E-state index contributed by atoms with van der Waals surface area (Å²) in [5, 5.41) is 12.0. The molecule has 1 heterocycles. The van der Waals surface area contributed by atoms with Gasteiger partial charge in [-0.2, -0.15) is 0 Å². The maximum Gasteiger partial charge on any atom is 0.341 e. The molecule has 0 radical (unpaired) electrons. The Kier molecular flexibility index (Phi) is 4.76. The predicted molar refractivity (Wildman–Crippen MR) is 72.3 cm³/mol. The first-order chi connectivity index (χ1) is 9.13. The highest BCUT2D eigenvalue weighted by atomic mass is 16.5. The molecule has 1 aromatic carbocycles. The Morgan fingerprint density at radius 2 is 2.42 bits per heavy atom. The molecule has 0 saturated carbocycles. The van der Waals surface area contributed by atoms with E-state index in [-0.39, 0.29) is 6.61 Å². The first kappa shape index (κ1) is 13.8. The number of nitrogens with zero attached hydrogens (tertiary/aromatic N) is 1. The number of carboxylic acid groups (broad SMARTS) is 1. The lowest BCUT2D eigenvalue weighted by Gasteiger charge is -2.31. The molecule has 0 aromatic heterocycles. The number of nitrogens with one attached hydrogen (secondary N) is 1. The summed E-state index contributed by atoms with van der Waals surface area (Å²) in [6, 6.07) is 8.15. The van der Waals surface area contributed by atoms with Crippen molar-refractivity contribution < 1.29 is 14.6 Å². The molecule has 1 saturated heterocycles. The minimum Gasteiger partial charge on any atom is -0.482 e. The van der Waals surface area contributed by atoms with Gasteiger partial charge in [0.2, 0.25) is 0 Å². The SMILES string of the molecule is C[C@H]1CN(Cc2cccc(OCC(=O)O)c2)CCN1. The molecule has 0 spiro atoms. The lowest BCUT2D eigenvalue weighted by atomic mass is 10.1. The van der Waals surface area contributed by atoms with Crippen molar-refractivity contribution >= 4 is 5.97 Å². The largest absolute Gasteiger partial charge is 0.482 e. The number of hydrogen-bond donors (Lipinski definition) is 2.